The fourth-order valence-electron chi connectivity index (χ4n) is 6.43. The Morgan fingerprint density at radius 1 is 0.864 bits per heavy atom. The third kappa shape index (κ3) is 6.38. The van der Waals surface area contributed by atoms with Crippen molar-refractivity contribution in [2.24, 2.45) is 0 Å². The van der Waals surface area contributed by atoms with Crippen molar-refractivity contribution in [1.29, 1.82) is 0 Å². The molecule has 4 atom stereocenters. The number of carboxylic acids is 1. The molecular weight excluding hydrogens is 641 g/mol. The number of carbonyl (C=O) groups is 2. The summed E-state index contributed by atoms with van der Waals surface area (Å²) in [5.74, 6) is 1.22. The Bertz CT molecular complexity index is 1370. The highest BCUT2D eigenvalue weighted by Gasteiger charge is 2.49. The van der Waals surface area contributed by atoms with Crippen molar-refractivity contribution >= 4 is 35.1 Å². The van der Waals surface area contributed by atoms with Gasteiger partial charge in [0, 0.05) is 19.3 Å². The summed E-state index contributed by atoms with van der Waals surface area (Å²) in [6.07, 6.45) is 1.87. The number of rotatable bonds is 13. The first kappa shape index (κ1) is 35.5. The van der Waals surface area contributed by atoms with E-state index in [1.165, 1.54) is 0 Å². The van der Waals surface area contributed by atoms with E-state index in [0.717, 1.165) is 35.2 Å². The second kappa shape index (κ2) is 14.9. The van der Waals surface area contributed by atoms with Gasteiger partial charge in [0.15, 0.2) is 33.8 Å². The van der Waals surface area contributed by atoms with Gasteiger partial charge in [-0.15, -0.1) is 23.2 Å². The highest BCUT2D eigenvalue weighted by molar-refractivity contribution is 6.41. The van der Waals surface area contributed by atoms with E-state index >= 15 is 0 Å². The topological polar surface area (TPSA) is 119 Å². The van der Waals surface area contributed by atoms with Gasteiger partial charge in [-0.25, -0.2) is 0 Å². The number of ether oxygens (including phenoxy) is 7. The second-order valence-electron chi connectivity index (χ2n) is 10.5. The number of alkyl halides is 2. The van der Waals surface area contributed by atoms with E-state index in [-0.39, 0.29) is 25.1 Å². The Balaban J connectivity index is 0.00000529. The van der Waals surface area contributed by atoms with Crippen LogP contribution in [-0.4, -0.2) is 94.6 Å². The van der Waals surface area contributed by atoms with Gasteiger partial charge in [-0.2, -0.15) is 0 Å². The fourth-order valence-corrected chi connectivity index (χ4v) is 6.70. The average Bonchev–Trinajstić information content (AvgIpc) is 3.02. The van der Waals surface area contributed by atoms with Crippen LogP contribution in [0.2, 0.25) is 0 Å². The lowest BCUT2D eigenvalue weighted by Crippen LogP contribution is -3.00. The zero-order valence-electron chi connectivity index (χ0n) is 25.5. The molecular formula is C30H38Cl3NO10. The lowest BCUT2D eigenvalue weighted by molar-refractivity contribution is -0.973. The van der Waals surface area contributed by atoms with Gasteiger partial charge in [-0.1, -0.05) is 0 Å². The molecule has 0 radical (unpaired) electrons. The minimum atomic E-state index is -1.59. The number of hydrogen-bond acceptors (Lipinski definition) is 9. The van der Waals surface area contributed by atoms with Gasteiger partial charge < -0.3 is 55.2 Å². The molecule has 0 saturated heterocycles. The quantitative estimate of drug-likeness (QED) is 0.143. The number of quaternary nitrogens is 1. The normalized spacial score (nSPS) is 19.5. The van der Waals surface area contributed by atoms with E-state index < -0.39 is 22.7 Å². The Kier molecular flexibility index (Phi) is 12.0. The molecule has 2 aromatic rings. The van der Waals surface area contributed by atoms with Gasteiger partial charge >= 0.3 is 11.9 Å². The number of nitrogens with zero attached hydrogens (tertiary/aromatic N) is 1. The van der Waals surface area contributed by atoms with Crippen LogP contribution < -0.4 is 40.8 Å². The summed E-state index contributed by atoms with van der Waals surface area (Å²) in [7, 11) is 9.60. The molecule has 2 heterocycles. The molecule has 0 amide bonds. The molecule has 244 valence electrons. The Hall–Kier alpha value is -2.99. The van der Waals surface area contributed by atoms with Gasteiger partial charge in [0.2, 0.25) is 11.5 Å². The molecule has 0 spiro atoms. The standard InChI is InChI=1S/C30H37Cl2NO10.ClH/c1-37-20-13-16-8-10-33(9-7-11-43-30(36)24(32)23(31)29(34)35)15-18-17(14-21(38-2)26(40-4)25(18)39-3)12-19(33)22(16)28(42-6)27(20)41-5;/h13-14,19,23-24H,7-12,15H2,1-6H3;1H/t19-,23?,24?,33?;/m1./s1. The van der Waals surface area contributed by atoms with Crippen molar-refractivity contribution in [1.82, 2.24) is 0 Å². The number of carbonyl (C=O) groups excluding carboxylic acids is 1. The monoisotopic (exact) mass is 677 g/mol. The van der Waals surface area contributed by atoms with E-state index in [4.69, 9.17) is 61.5 Å². The summed E-state index contributed by atoms with van der Waals surface area (Å²) < 4.78 is 40.6. The summed E-state index contributed by atoms with van der Waals surface area (Å²) in [6, 6.07) is 3.96. The van der Waals surface area contributed by atoms with Crippen LogP contribution in [0, 0.1) is 0 Å². The van der Waals surface area contributed by atoms with Gasteiger partial charge in [0.1, 0.15) is 12.6 Å². The molecule has 3 unspecified atom stereocenters. The third-order valence-electron chi connectivity index (χ3n) is 8.40. The summed E-state index contributed by atoms with van der Waals surface area (Å²) in [5.41, 5.74) is 4.23. The van der Waals surface area contributed by atoms with E-state index in [1.807, 2.05) is 12.1 Å². The van der Waals surface area contributed by atoms with Crippen molar-refractivity contribution < 1.29 is 64.7 Å². The molecule has 2 aliphatic heterocycles. The number of hydrogen-bond donors (Lipinski definition) is 1. The van der Waals surface area contributed by atoms with E-state index in [9.17, 15) is 9.59 Å². The van der Waals surface area contributed by atoms with E-state index in [1.54, 1.807) is 42.7 Å². The Labute approximate surface area is 273 Å². The SMILES string of the molecule is COc1cc2c(c(OC)c1OC)C[N+]1(CCCOC(=O)C(Cl)C(Cl)C(=O)O)CCc3cc(OC)c(OC)c(OC)c3[C@H]1C2.[Cl-]. The fraction of sp³-hybridized carbons (Fsp3) is 0.533. The number of fused-ring (bicyclic) bond motifs is 4. The summed E-state index contributed by atoms with van der Waals surface area (Å²) in [6.45, 7) is 2.06. The first-order valence-electron chi connectivity index (χ1n) is 13.8. The lowest BCUT2D eigenvalue weighted by atomic mass is 9.80. The Morgan fingerprint density at radius 2 is 1.43 bits per heavy atom. The van der Waals surface area contributed by atoms with Crippen LogP contribution in [0.1, 0.15) is 34.7 Å². The zero-order chi connectivity index (χ0) is 31.5. The maximum atomic E-state index is 12.4. The number of aliphatic carboxylic acids is 1. The molecule has 0 fully saturated rings. The second-order valence-corrected chi connectivity index (χ2v) is 11.4. The predicted octanol–water partition coefficient (Wildman–Crippen LogP) is 1.15. The van der Waals surface area contributed by atoms with Crippen LogP contribution in [0.3, 0.4) is 0 Å². The number of methoxy groups -OCH3 is 6. The number of esters is 1. The number of benzene rings is 2. The van der Waals surface area contributed by atoms with Crippen molar-refractivity contribution in [3.05, 3.63) is 34.4 Å². The smallest absolute Gasteiger partial charge is 0.326 e. The number of halogens is 3. The molecule has 4 rings (SSSR count). The molecule has 0 aromatic heterocycles. The minimum Gasteiger partial charge on any atom is -1.00 e. The average molecular weight is 679 g/mol. The van der Waals surface area contributed by atoms with Crippen molar-refractivity contribution in [2.75, 3.05) is 62.4 Å². The van der Waals surface area contributed by atoms with Crippen molar-refractivity contribution in [2.45, 2.75) is 42.6 Å². The molecule has 0 saturated carbocycles. The number of carboxylic acid groups (broad SMARTS) is 1. The summed E-state index contributed by atoms with van der Waals surface area (Å²) >= 11 is 11.7. The van der Waals surface area contributed by atoms with Crippen LogP contribution >= 0.6 is 23.2 Å². The molecule has 2 aromatic carbocycles. The summed E-state index contributed by atoms with van der Waals surface area (Å²) in [5, 5.41) is 5.99. The first-order chi connectivity index (χ1) is 20.6. The maximum absolute atomic E-state index is 12.4. The highest BCUT2D eigenvalue weighted by Crippen LogP contribution is 2.55. The maximum Gasteiger partial charge on any atom is 0.326 e. The van der Waals surface area contributed by atoms with Crippen molar-refractivity contribution in [3.8, 4) is 34.5 Å². The van der Waals surface area contributed by atoms with E-state index in [2.05, 4.69) is 0 Å². The van der Waals surface area contributed by atoms with Gasteiger partial charge in [-0.3, -0.25) is 9.59 Å². The van der Waals surface area contributed by atoms with Crippen molar-refractivity contribution in [3.63, 3.8) is 0 Å². The van der Waals surface area contributed by atoms with Crippen LogP contribution in [-0.2, 0) is 33.7 Å². The largest absolute Gasteiger partial charge is 1.00 e. The first-order valence-corrected chi connectivity index (χ1v) is 14.6. The van der Waals surface area contributed by atoms with Crippen LogP contribution in [0.4, 0.5) is 0 Å². The van der Waals surface area contributed by atoms with Crippen LogP contribution in [0.5, 0.6) is 34.5 Å². The third-order valence-corrected chi connectivity index (χ3v) is 9.39. The molecule has 14 heteroatoms. The lowest BCUT2D eigenvalue weighted by Gasteiger charge is -2.52. The van der Waals surface area contributed by atoms with E-state index in [0.29, 0.717) is 64.9 Å². The van der Waals surface area contributed by atoms with Gasteiger partial charge in [0.05, 0.1) is 73.5 Å². The Morgan fingerprint density at radius 3 is 1.98 bits per heavy atom. The molecule has 2 aliphatic rings. The summed E-state index contributed by atoms with van der Waals surface area (Å²) in [4.78, 5) is 23.5. The van der Waals surface area contributed by atoms with Gasteiger partial charge in [-0.05, 0) is 23.3 Å². The molecule has 44 heavy (non-hydrogen) atoms. The van der Waals surface area contributed by atoms with Crippen LogP contribution in [0.15, 0.2) is 12.1 Å². The zero-order valence-corrected chi connectivity index (χ0v) is 27.8. The molecule has 1 N–H and O–H groups in total. The van der Waals surface area contributed by atoms with Gasteiger partial charge in [0.25, 0.3) is 0 Å². The molecule has 11 nitrogen and oxygen atoms in total. The van der Waals surface area contributed by atoms with Crippen LogP contribution in [0.25, 0.3) is 0 Å². The predicted molar refractivity (Wildman–Crippen MR) is 159 cm³/mol. The molecule has 0 aliphatic carbocycles. The highest BCUT2D eigenvalue weighted by atomic mass is 35.5. The minimum absolute atomic E-state index is 0. The molecule has 0 bridgehead atoms.